The van der Waals surface area contributed by atoms with Gasteiger partial charge in [0.25, 0.3) is 5.66 Å². The molecule has 0 N–H and O–H groups in total. The lowest BCUT2D eigenvalue weighted by atomic mass is 11.7. The van der Waals surface area contributed by atoms with Crippen molar-refractivity contribution in [2.24, 2.45) is 0 Å². The summed E-state index contributed by atoms with van der Waals surface area (Å²) in [6.07, 6.45) is 0. The number of carbonyl (C=O) groups excluding carboxylic acids is 1. The average Bonchev–Trinajstić information content (AvgIpc) is 0.811. The molecule has 0 radical (unpaired) electrons. The summed E-state index contributed by atoms with van der Waals surface area (Å²) in [7, 11) is 0.0432. The van der Waals surface area contributed by atoms with E-state index < -0.39 is 5.66 Å². The van der Waals surface area contributed by atoms with Crippen molar-refractivity contribution >= 4 is 15.9 Å². The molecule has 3 heteroatoms. The lowest BCUT2D eigenvalue weighted by Gasteiger charge is -1.51. The zero-order chi connectivity index (χ0) is 3.58. The highest BCUT2D eigenvalue weighted by molar-refractivity contribution is 6.54. The van der Waals surface area contributed by atoms with Crippen LogP contribution < -0.4 is 0 Å². The number of hydrogen-bond acceptors (Lipinski definition) is 1. The number of rotatable bonds is 0. The van der Waals surface area contributed by atoms with E-state index in [1.54, 1.807) is 0 Å². The van der Waals surface area contributed by atoms with Crippen molar-refractivity contribution in [3.8, 4) is 0 Å². The first-order valence-corrected chi connectivity index (χ1v) is 1.89. The summed E-state index contributed by atoms with van der Waals surface area (Å²) in [4.78, 5) is 8.84. The van der Waals surface area contributed by atoms with Crippen LogP contribution in [0.25, 0.3) is 0 Å². The van der Waals surface area contributed by atoms with Crippen molar-refractivity contribution in [3.05, 3.63) is 0 Å². The average molecular weight is 78.1 g/mol. The minimum atomic E-state index is -1.19. The van der Waals surface area contributed by atoms with Gasteiger partial charge in [-0.3, -0.25) is 4.79 Å². The van der Waals surface area contributed by atoms with Crippen LogP contribution in [0, 0.1) is 0 Å². The molecule has 0 saturated carbocycles. The van der Waals surface area contributed by atoms with Crippen molar-refractivity contribution in [1.82, 2.24) is 0 Å². The molecule has 0 heterocycles. The van der Waals surface area contributed by atoms with Crippen molar-refractivity contribution in [3.63, 3.8) is 0 Å². The van der Waals surface area contributed by atoms with Gasteiger partial charge in [0.1, 0.15) is 10.2 Å². The third-order valence-corrected chi connectivity index (χ3v) is 0. The summed E-state index contributed by atoms with van der Waals surface area (Å²) < 4.78 is 10.4. The van der Waals surface area contributed by atoms with Gasteiger partial charge in [0, 0.05) is 0 Å². The van der Waals surface area contributed by atoms with Crippen molar-refractivity contribution in [1.29, 1.82) is 0 Å². The zero-order valence-corrected chi connectivity index (χ0v) is 4.29. The predicted molar refractivity (Wildman–Crippen MR) is 16.4 cm³/mol. The van der Waals surface area contributed by atoms with Crippen LogP contribution in [0.3, 0.4) is 0 Å². The van der Waals surface area contributed by atoms with E-state index in [2.05, 4.69) is 0 Å². The fourth-order valence-corrected chi connectivity index (χ4v) is 0. The van der Waals surface area contributed by atoms with Gasteiger partial charge in [-0.05, 0) is 0 Å². The molecular weight excluding hydrogens is 75.1 g/mol. The molecule has 4 heavy (non-hydrogen) atoms. The smallest absolute Gasteiger partial charge is 0.260 e. The highest BCUT2D eigenvalue weighted by Gasteiger charge is 1.69. The Balaban J connectivity index is 2.80. The Bertz CT molecular complexity index is 31.0. The second-order valence-electron chi connectivity index (χ2n) is 0.470. The molecule has 1 nitrogen and oxygen atoms in total. The lowest BCUT2D eigenvalue weighted by molar-refractivity contribution is 0.244. The molecule has 0 unspecified atom stereocenters. The summed E-state index contributed by atoms with van der Waals surface area (Å²) in [5, 5.41) is 0. The van der Waals surface area contributed by atoms with E-state index in [-0.39, 0.29) is 10.2 Å². The van der Waals surface area contributed by atoms with E-state index >= 15 is 0 Å². The van der Waals surface area contributed by atoms with Gasteiger partial charge < -0.3 is 0 Å². The molecule has 0 aliphatic carbocycles. The molecule has 0 aliphatic heterocycles. The van der Waals surface area contributed by atoms with Gasteiger partial charge >= 0.3 is 0 Å². The van der Waals surface area contributed by atoms with Crippen LogP contribution in [0.15, 0.2) is 0 Å². The molecule has 0 saturated heterocycles. The third kappa shape index (κ3) is 36.2. The highest BCUT2D eigenvalue weighted by Crippen LogP contribution is 1.57. The van der Waals surface area contributed by atoms with Gasteiger partial charge in [-0.1, -0.05) is 0 Å². The second kappa shape index (κ2) is 1.17. The quantitative estimate of drug-likeness (QED) is 0.280. The van der Waals surface area contributed by atoms with Gasteiger partial charge in [0.2, 0.25) is 0 Å². The molecule has 0 bridgehead atoms. The third-order valence-electron chi connectivity index (χ3n) is 0. The maximum absolute atomic E-state index is 10.4. The molecule has 0 spiro atoms. The standard InChI is InChI=1S/CH3FOSi/c2-1(3)4/h4H3. The Hall–Kier alpha value is -0.183. The monoisotopic (exact) mass is 78.0 g/mol. The SMILES string of the molecule is O=C(F)[SiH3]. The molecule has 0 aromatic heterocycles. The second-order valence-corrected chi connectivity index (χ2v) is 1.26. The number of carbonyl (C=O) groups is 1. The van der Waals surface area contributed by atoms with Crippen molar-refractivity contribution < 1.29 is 9.18 Å². The van der Waals surface area contributed by atoms with Gasteiger partial charge in [-0.15, -0.1) is 0 Å². The minimum Gasteiger partial charge on any atom is -0.269 e. The van der Waals surface area contributed by atoms with E-state index in [0.717, 1.165) is 0 Å². The van der Waals surface area contributed by atoms with E-state index in [1.165, 1.54) is 0 Å². The molecule has 0 atom stereocenters. The summed E-state index contributed by atoms with van der Waals surface area (Å²) >= 11 is 0. The first-order valence-electron chi connectivity index (χ1n) is 0.893. The van der Waals surface area contributed by atoms with Crippen LogP contribution in [-0.4, -0.2) is 15.9 Å². The lowest BCUT2D eigenvalue weighted by Crippen LogP contribution is -1.72. The maximum atomic E-state index is 10.4. The normalized spacial score (nSPS) is 7.25. The summed E-state index contributed by atoms with van der Waals surface area (Å²) in [5.41, 5.74) is -1.19. The fourth-order valence-electron chi connectivity index (χ4n) is 0. The highest BCUT2D eigenvalue weighted by atomic mass is 28.1. The predicted octanol–water partition coefficient (Wildman–Crippen LogP) is -0.559. The van der Waals surface area contributed by atoms with Crippen LogP contribution in [0.2, 0.25) is 0 Å². The number of halogens is 1. The Labute approximate surface area is 26.2 Å². The Morgan fingerprint density at radius 2 is 2.00 bits per heavy atom. The van der Waals surface area contributed by atoms with Gasteiger partial charge in [-0.2, -0.15) is 4.39 Å². The van der Waals surface area contributed by atoms with E-state index in [0.29, 0.717) is 0 Å². The summed E-state index contributed by atoms with van der Waals surface area (Å²) in [6.45, 7) is 0. The molecule has 0 rings (SSSR count). The van der Waals surface area contributed by atoms with Gasteiger partial charge in [-0.25, -0.2) is 0 Å². The first-order chi connectivity index (χ1) is 1.73. The Kier molecular flexibility index (Phi) is 1.12. The molecule has 0 aromatic carbocycles. The van der Waals surface area contributed by atoms with E-state index in [9.17, 15) is 4.39 Å². The van der Waals surface area contributed by atoms with E-state index in [1.807, 2.05) is 0 Å². The topological polar surface area (TPSA) is 17.1 Å². The molecule has 0 aliphatic rings. The van der Waals surface area contributed by atoms with Gasteiger partial charge in [0.15, 0.2) is 0 Å². The molecule has 0 fully saturated rings. The first kappa shape index (κ1) is 3.82. The molecule has 0 amide bonds. The van der Waals surface area contributed by atoms with Gasteiger partial charge in [0.05, 0.1) is 0 Å². The van der Waals surface area contributed by atoms with Crippen molar-refractivity contribution in [2.45, 2.75) is 0 Å². The minimum absolute atomic E-state index is 0.0432. The van der Waals surface area contributed by atoms with Crippen LogP contribution in [0.1, 0.15) is 0 Å². The molecule has 24 valence electrons. The largest absolute Gasteiger partial charge is 0.269 e. The van der Waals surface area contributed by atoms with E-state index in [4.69, 9.17) is 4.79 Å². The number of hydrogen-bond donors (Lipinski definition) is 0. The Morgan fingerprint density at radius 3 is 2.00 bits per heavy atom. The molecule has 0 aromatic rings. The summed E-state index contributed by atoms with van der Waals surface area (Å²) in [5.74, 6) is 0. The zero-order valence-electron chi connectivity index (χ0n) is 2.29. The maximum Gasteiger partial charge on any atom is 0.260 e. The summed E-state index contributed by atoms with van der Waals surface area (Å²) in [6, 6.07) is 0. The molecular formula is CH3FOSi. The van der Waals surface area contributed by atoms with Crippen LogP contribution >= 0.6 is 0 Å². The fraction of sp³-hybridized carbons (Fsp3) is 0. The van der Waals surface area contributed by atoms with Crippen LogP contribution in [0.5, 0.6) is 0 Å². The Morgan fingerprint density at radius 1 is 2.00 bits per heavy atom. The van der Waals surface area contributed by atoms with Crippen LogP contribution in [0.4, 0.5) is 9.18 Å². The van der Waals surface area contributed by atoms with Crippen LogP contribution in [-0.2, 0) is 0 Å². The van der Waals surface area contributed by atoms with Crippen molar-refractivity contribution in [2.75, 3.05) is 0 Å².